The maximum absolute atomic E-state index is 10.8. The zero-order chi connectivity index (χ0) is 15.5. The minimum absolute atomic E-state index is 0.0248. The topological polar surface area (TPSA) is 98.9 Å². The average Bonchev–Trinajstić information content (AvgIpc) is 2.55. The third-order valence-electron chi connectivity index (χ3n) is 3.14. The molecule has 0 aliphatic rings. The average molecular weight is 290 g/mol. The molecule has 0 saturated heterocycles. The first-order valence-corrected chi connectivity index (χ1v) is 6.42. The molecule has 2 N–H and O–H groups in total. The SMILES string of the molecule is N#Cc1ccc2ccnc(Nc3ccc(C(=O)O)nc3)c2c1. The molecule has 22 heavy (non-hydrogen) atoms. The summed E-state index contributed by atoms with van der Waals surface area (Å²) in [7, 11) is 0. The first-order chi connectivity index (χ1) is 10.7. The van der Waals surface area contributed by atoms with Crippen LogP contribution in [-0.2, 0) is 0 Å². The van der Waals surface area contributed by atoms with Crippen LogP contribution in [-0.4, -0.2) is 21.0 Å². The van der Waals surface area contributed by atoms with Gasteiger partial charge in [0.1, 0.15) is 11.5 Å². The second-order valence-electron chi connectivity index (χ2n) is 4.57. The molecular formula is C16H10N4O2. The number of aromatic nitrogens is 2. The van der Waals surface area contributed by atoms with E-state index in [-0.39, 0.29) is 5.69 Å². The van der Waals surface area contributed by atoms with Crippen LogP contribution in [0.25, 0.3) is 10.8 Å². The van der Waals surface area contributed by atoms with Gasteiger partial charge >= 0.3 is 5.97 Å². The highest BCUT2D eigenvalue weighted by Crippen LogP contribution is 2.25. The molecule has 106 valence electrons. The highest BCUT2D eigenvalue weighted by molar-refractivity contribution is 5.94. The molecule has 0 atom stereocenters. The summed E-state index contributed by atoms with van der Waals surface area (Å²) >= 11 is 0. The van der Waals surface area contributed by atoms with Gasteiger partial charge in [0.05, 0.1) is 23.5 Å². The van der Waals surface area contributed by atoms with Crippen molar-refractivity contribution < 1.29 is 9.90 Å². The molecule has 0 bridgehead atoms. The van der Waals surface area contributed by atoms with Gasteiger partial charge in [-0.15, -0.1) is 0 Å². The summed E-state index contributed by atoms with van der Waals surface area (Å²) in [5.41, 5.74) is 1.14. The third kappa shape index (κ3) is 2.55. The lowest BCUT2D eigenvalue weighted by molar-refractivity contribution is 0.0690. The summed E-state index contributed by atoms with van der Waals surface area (Å²) in [6, 6.07) is 12.3. The first-order valence-electron chi connectivity index (χ1n) is 6.42. The Morgan fingerprint density at radius 3 is 2.73 bits per heavy atom. The number of carboxylic acids is 1. The summed E-state index contributed by atoms with van der Waals surface area (Å²) in [5.74, 6) is -0.493. The molecule has 0 radical (unpaired) electrons. The van der Waals surface area contributed by atoms with E-state index in [1.165, 1.54) is 12.3 Å². The molecular weight excluding hydrogens is 280 g/mol. The molecule has 0 unspecified atom stereocenters. The number of aromatic carboxylic acids is 1. The van der Waals surface area contributed by atoms with Crippen molar-refractivity contribution in [3.63, 3.8) is 0 Å². The quantitative estimate of drug-likeness (QED) is 0.769. The standard InChI is InChI=1S/C16H10N4O2/c17-8-10-1-2-11-5-6-18-15(13(11)7-10)20-12-3-4-14(16(21)22)19-9-12/h1-7,9H,(H,18,20)(H,21,22). The Hall–Kier alpha value is -3.46. The predicted molar refractivity (Wildman–Crippen MR) is 80.9 cm³/mol. The number of nitriles is 1. The Kier molecular flexibility index (Phi) is 3.38. The summed E-state index contributed by atoms with van der Waals surface area (Å²) < 4.78 is 0. The minimum atomic E-state index is -1.08. The van der Waals surface area contributed by atoms with E-state index in [1.807, 2.05) is 12.1 Å². The van der Waals surface area contributed by atoms with Crippen LogP contribution in [0.15, 0.2) is 48.8 Å². The van der Waals surface area contributed by atoms with E-state index in [9.17, 15) is 4.79 Å². The number of carbonyl (C=O) groups is 1. The number of benzene rings is 1. The second-order valence-corrected chi connectivity index (χ2v) is 4.57. The normalized spacial score (nSPS) is 10.1. The van der Waals surface area contributed by atoms with Crippen molar-refractivity contribution in [1.29, 1.82) is 5.26 Å². The van der Waals surface area contributed by atoms with Gasteiger partial charge in [0.15, 0.2) is 0 Å². The van der Waals surface area contributed by atoms with Crippen molar-refractivity contribution in [2.75, 3.05) is 5.32 Å². The molecule has 6 heteroatoms. The van der Waals surface area contributed by atoms with Crippen LogP contribution in [0.4, 0.5) is 11.5 Å². The van der Waals surface area contributed by atoms with Crippen molar-refractivity contribution in [3.05, 3.63) is 60.0 Å². The molecule has 0 aliphatic carbocycles. The second kappa shape index (κ2) is 5.50. The number of hydrogen-bond donors (Lipinski definition) is 2. The van der Waals surface area contributed by atoms with Crippen molar-refractivity contribution in [1.82, 2.24) is 9.97 Å². The lowest BCUT2D eigenvalue weighted by atomic mass is 10.1. The fourth-order valence-corrected chi connectivity index (χ4v) is 2.07. The molecule has 2 heterocycles. The molecule has 0 aliphatic heterocycles. The van der Waals surface area contributed by atoms with Crippen LogP contribution in [0.1, 0.15) is 16.1 Å². The first kappa shape index (κ1) is 13.5. The summed E-state index contributed by atoms with van der Waals surface area (Å²) in [5, 5.41) is 22.7. The van der Waals surface area contributed by atoms with E-state index in [0.29, 0.717) is 17.1 Å². The Morgan fingerprint density at radius 2 is 2.05 bits per heavy atom. The maximum atomic E-state index is 10.8. The number of carboxylic acid groups (broad SMARTS) is 1. The molecule has 1 aromatic carbocycles. The van der Waals surface area contributed by atoms with Gasteiger partial charge in [-0.25, -0.2) is 14.8 Å². The third-order valence-corrected chi connectivity index (χ3v) is 3.14. The number of rotatable bonds is 3. The van der Waals surface area contributed by atoms with E-state index < -0.39 is 5.97 Å². The number of hydrogen-bond acceptors (Lipinski definition) is 5. The monoisotopic (exact) mass is 290 g/mol. The van der Waals surface area contributed by atoms with Crippen LogP contribution in [0.2, 0.25) is 0 Å². The van der Waals surface area contributed by atoms with Gasteiger partial charge < -0.3 is 10.4 Å². The number of nitrogens with one attached hydrogen (secondary N) is 1. The van der Waals surface area contributed by atoms with Gasteiger partial charge in [-0.1, -0.05) is 6.07 Å². The van der Waals surface area contributed by atoms with Gasteiger partial charge in [0, 0.05) is 11.6 Å². The molecule has 0 fully saturated rings. The van der Waals surface area contributed by atoms with Gasteiger partial charge in [-0.3, -0.25) is 0 Å². The van der Waals surface area contributed by atoms with Crippen LogP contribution in [0.3, 0.4) is 0 Å². The van der Waals surface area contributed by atoms with Crippen molar-refractivity contribution >= 4 is 28.2 Å². The Balaban J connectivity index is 1.99. The molecule has 0 saturated carbocycles. The van der Waals surface area contributed by atoms with Crippen molar-refractivity contribution in [2.24, 2.45) is 0 Å². The molecule has 3 aromatic rings. The Labute approximate surface area is 125 Å². The number of fused-ring (bicyclic) bond motifs is 1. The fraction of sp³-hybridized carbons (Fsp3) is 0. The molecule has 6 nitrogen and oxygen atoms in total. The van der Waals surface area contributed by atoms with Crippen molar-refractivity contribution in [3.8, 4) is 6.07 Å². The minimum Gasteiger partial charge on any atom is -0.477 e. The summed E-state index contributed by atoms with van der Waals surface area (Å²) in [6.07, 6.45) is 3.09. The van der Waals surface area contributed by atoms with Crippen LogP contribution < -0.4 is 5.32 Å². The molecule has 3 rings (SSSR count). The number of nitrogens with zero attached hydrogens (tertiary/aromatic N) is 3. The fourth-order valence-electron chi connectivity index (χ4n) is 2.07. The van der Waals surface area contributed by atoms with E-state index in [2.05, 4.69) is 21.4 Å². The zero-order valence-corrected chi connectivity index (χ0v) is 11.3. The lowest BCUT2D eigenvalue weighted by Gasteiger charge is -2.09. The number of anilines is 2. The van der Waals surface area contributed by atoms with E-state index in [4.69, 9.17) is 10.4 Å². The van der Waals surface area contributed by atoms with Crippen LogP contribution >= 0.6 is 0 Å². The molecule has 0 spiro atoms. The summed E-state index contributed by atoms with van der Waals surface area (Å²) in [6.45, 7) is 0. The van der Waals surface area contributed by atoms with Crippen LogP contribution in [0, 0.1) is 11.3 Å². The van der Waals surface area contributed by atoms with Gasteiger partial charge in [-0.05, 0) is 35.7 Å². The van der Waals surface area contributed by atoms with Crippen LogP contribution in [0.5, 0.6) is 0 Å². The predicted octanol–water partition coefficient (Wildman–Crippen LogP) is 2.94. The van der Waals surface area contributed by atoms with Crippen molar-refractivity contribution in [2.45, 2.75) is 0 Å². The Bertz CT molecular complexity index is 898. The largest absolute Gasteiger partial charge is 0.477 e. The Morgan fingerprint density at radius 1 is 1.18 bits per heavy atom. The maximum Gasteiger partial charge on any atom is 0.354 e. The van der Waals surface area contributed by atoms with Gasteiger partial charge in [-0.2, -0.15) is 5.26 Å². The van der Waals surface area contributed by atoms with Gasteiger partial charge in [0.2, 0.25) is 0 Å². The molecule has 2 aromatic heterocycles. The van der Waals surface area contributed by atoms with Gasteiger partial charge in [0.25, 0.3) is 0 Å². The smallest absolute Gasteiger partial charge is 0.354 e. The highest BCUT2D eigenvalue weighted by atomic mass is 16.4. The molecule has 0 amide bonds. The lowest BCUT2D eigenvalue weighted by Crippen LogP contribution is -2.01. The van der Waals surface area contributed by atoms with E-state index in [0.717, 1.165) is 10.8 Å². The van der Waals surface area contributed by atoms with E-state index >= 15 is 0 Å². The summed E-state index contributed by atoms with van der Waals surface area (Å²) in [4.78, 5) is 18.9. The highest BCUT2D eigenvalue weighted by Gasteiger charge is 2.07. The van der Waals surface area contributed by atoms with E-state index in [1.54, 1.807) is 24.4 Å². The zero-order valence-electron chi connectivity index (χ0n) is 11.3. The number of pyridine rings is 2.